The van der Waals surface area contributed by atoms with E-state index in [1.54, 1.807) is 0 Å². The maximum absolute atomic E-state index is 13.8. The van der Waals surface area contributed by atoms with E-state index in [-0.39, 0.29) is 11.3 Å². The van der Waals surface area contributed by atoms with Crippen LogP contribution in [0.5, 0.6) is 0 Å². The van der Waals surface area contributed by atoms with Crippen molar-refractivity contribution in [1.29, 1.82) is 0 Å². The van der Waals surface area contributed by atoms with Crippen LogP contribution >= 0.6 is 11.6 Å². The van der Waals surface area contributed by atoms with Crippen molar-refractivity contribution in [3.05, 3.63) is 29.4 Å². The number of Topliss-reactive ketones (excluding diaryl/α,β-unsaturated/α-hetero) is 1. The monoisotopic (exact) mass is 496 g/mol. The van der Waals surface area contributed by atoms with E-state index in [2.05, 4.69) is 18.9 Å². The molecule has 35 heavy (non-hydrogen) atoms. The third-order valence-corrected chi connectivity index (χ3v) is 11.6. The summed E-state index contributed by atoms with van der Waals surface area (Å²) in [4.78, 5) is 13.8. The Hall–Kier alpha value is -1.39. The number of halogens is 1. The van der Waals surface area contributed by atoms with Crippen LogP contribution in [0.3, 0.4) is 0 Å². The second-order valence-electron chi connectivity index (χ2n) is 12.8. The quantitative estimate of drug-likeness (QED) is 0.440. The molecule has 4 fully saturated rings. The molecule has 0 radical (unpaired) electrons. The Morgan fingerprint density at radius 1 is 1.14 bits per heavy atom. The standard InChI is InChI=1S/C30H41ClN2O2/c1-19-10-13-30(18-35-3)21(14-19)5-7-23-24-8-9-26(29(24,2)12-11-25(23)30)28(34)17-33-27-15-22(31)6-4-20(27)16-32-33/h4,6,15-16,19,21,23-26H,5,7-14,17-18H2,1-3H3/t19-,21?,23?,24?,25?,26+,29-,30?/m0/s1. The van der Waals surface area contributed by atoms with Crippen molar-refractivity contribution in [2.45, 2.75) is 78.2 Å². The number of methoxy groups -OCH3 is 1. The van der Waals surface area contributed by atoms with E-state index in [1.807, 2.05) is 36.2 Å². The highest BCUT2D eigenvalue weighted by Crippen LogP contribution is 2.68. The molecule has 1 aromatic heterocycles. The minimum atomic E-state index is 0.127. The Morgan fingerprint density at radius 2 is 2.00 bits per heavy atom. The van der Waals surface area contributed by atoms with E-state index >= 15 is 0 Å². The molecule has 5 heteroatoms. The lowest BCUT2D eigenvalue weighted by molar-refractivity contribution is -0.154. The normalized spacial score (nSPS) is 40.8. The summed E-state index contributed by atoms with van der Waals surface area (Å²) in [5, 5.41) is 6.28. The maximum Gasteiger partial charge on any atom is 0.157 e. The fourth-order valence-corrected chi connectivity index (χ4v) is 9.94. The molecule has 5 unspecified atom stereocenters. The molecule has 4 aliphatic carbocycles. The fraction of sp³-hybridized carbons (Fsp3) is 0.733. The van der Waals surface area contributed by atoms with Crippen LogP contribution in [0.1, 0.15) is 71.6 Å². The number of hydrogen-bond acceptors (Lipinski definition) is 3. The third kappa shape index (κ3) is 3.72. The number of benzene rings is 1. The minimum Gasteiger partial charge on any atom is -0.384 e. The molecule has 6 rings (SSSR count). The zero-order chi connectivity index (χ0) is 24.4. The Kier molecular flexibility index (Phi) is 6.08. The van der Waals surface area contributed by atoms with Crippen LogP contribution in [0, 0.1) is 46.3 Å². The predicted octanol–water partition coefficient (Wildman–Crippen LogP) is 7.18. The average Bonchev–Trinajstić information content (AvgIpc) is 3.39. The number of nitrogens with zero attached hydrogens (tertiary/aromatic N) is 2. The number of ketones is 1. The molecule has 0 spiro atoms. The Morgan fingerprint density at radius 3 is 2.83 bits per heavy atom. The van der Waals surface area contributed by atoms with E-state index in [1.165, 1.54) is 51.4 Å². The van der Waals surface area contributed by atoms with Gasteiger partial charge in [0.05, 0.1) is 18.3 Å². The minimum absolute atomic E-state index is 0.127. The van der Waals surface area contributed by atoms with Gasteiger partial charge >= 0.3 is 0 Å². The second-order valence-corrected chi connectivity index (χ2v) is 13.3. The zero-order valence-corrected chi connectivity index (χ0v) is 22.4. The number of rotatable bonds is 5. The van der Waals surface area contributed by atoms with Gasteiger partial charge in [-0.25, -0.2) is 0 Å². The van der Waals surface area contributed by atoms with Crippen LogP contribution in [0.4, 0.5) is 0 Å². The molecule has 1 aromatic carbocycles. The van der Waals surface area contributed by atoms with Gasteiger partial charge in [0.1, 0.15) is 6.54 Å². The summed E-state index contributed by atoms with van der Waals surface area (Å²) in [6, 6.07) is 5.80. The number of carbonyl (C=O) groups excluding carboxylic acids is 1. The van der Waals surface area contributed by atoms with Gasteiger partial charge in [0.25, 0.3) is 0 Å². The van der Waals surface area contributed by atoms with Crippen molar-refractivity contribution in [2.75, 3.05) is 13.7 Å². The number of ether oxygens (including phenoxy) is 1. The third-order valence-electron chi connectivity index (χ3n) is 11.3. The first kappa shape index (κ1) is 24.0. The highest BCUT2D eigenvalue weighted by molar-refractivity contribution is 6.31. The largest absolute Gasteiger partial charge is 0.384 e. The first-order valence-electron chi connectivity index (χ1n) is 14.0. The van der Waals surface area contributed by atoms with Crippen molar-refractivity contribution in [1.82, 2.24) is 9.78 Å². The molecule has 8 atom stereocenters. The number of aromatic nitrogens is 2. The molecule has 4 aliphatic rings. The summed E-state index contributed by atoms with van der Waals surface area (Å²) in [6.07, 6.45) is 13.4. The van der Waals surface area contributed by atoms with Crippen LogP contribution in [-0.4, -0.2) is 29.3 Å². The Balaban J connectivity index is 1.24. The molecule has 4 saturated carbocycles. The fourth-order valence-electron chi connectivity index (χ4n) is 9.77. The van der Waals surface area contributed by atoms with Gasteiger partial charge in [-0.2, -0.15) is 5.10 Å². The van der Waals surface area contributed by atoms with Gasteiger partial charge in [-0.15, -0.1) is 0 Å². The first-order chi connectivity index (χ1) is 16.9. The maximum atomic E-state index is 13.8. The SMILES string of the molecule is COCC12CC[C@H](C)CC1CCC1C2CC[C@@]2(C)C1CC[C@@H]2C(=O)Cn1ncc2ccc(Cl)cc21. The van der Waals surface area contributed by atoms with Gasteiger partial charge in [0.15, 0.2) is 5.78 Å². The van der Waals surface area contributed by atoms with Gasteiger partial charge < -0.3 is 4.74 Å². The Labute approximate surface area is 215 Å². The zero-order valence-electron chi connectivity index (χ0n) is 21.6. The van der Waals surface area contributed by atoms with Gasteiger partial charge in [0, 0.05) is 23.4 Å². The summed E-state index contributed by atoms with van der Waals surface area (Å²) in [5.41, 5.74) is 1.46. The topological polar surface area (TPSA) is 44.1 Å². The second kappa shape index (κ2) is 8.87. The van der Waals surface area contributed by atoms with Crippen LogP contribution in [0.25, 0.3) is 10.9 Å². The molecule has 0 N–H and O–H groups in total. The number of hydrogen-bond donors (Lipinski definition) is 0. The molecule has 0 saturated heterocycles. The van der Waals surface area contributed by atoms with E-state index in [0.717, 1.165) is 47.6 Å². The van der Waals surface area contributed by atoms with E-state index < -0.39 is 0 Å². The van der Waals surface area contributed by atoms with Gasteiger partial charge in [-0.1, -0.05) is 31.9 Å². The summed E-state index contributed by atoms with van der Waals surface area (Å²) >= 11 is 6.24. The van der Waals surface area contributed by atoms with Gasteiger partial charge in [0.2, 0.25) is 0 Å². The van der Waals surface area contributed by atoms with Crippen molar-refractivity contribution in [3.8, 4) is 0 Å². The predicted molar refractivity (Wildman–Crippen MR) is 140 cm³/mol. The highest BCUT2D eigenvalue weighted by Gasteiger charge is 2.62. The summed E-state index contributed by atoms with van der Waals surface area (Å²) < 4.78 is 7.82. The lowest BCUT2D eigenvalue weighted by Crippen LogP contribution is -2.56. The summed E-state index contributed by atoms with van der Waals surface area (Å²) in [7, 11) is 1.91. The molecule has 0 amide bonds. The van der Waals surface area contributed by atoms with Crippen LogP contribution in [-0.2, 0) is 16.1 Å². The lowest BCUT2D eigenvalue weighted by atomic mass is 9.44. The molecular weight excluding hydrogens is 456 g/mol. The Bertz CT molecular complexity index is 1110. The van der Waals surface area contributed by atoms with E-state index in [0.29, 0.717) is 28.7 Å². The van der Waals surface area contributed by atoms with Crippen molar-refractivity contribution >= 4 is 28.3 Å². The summed E-state index contributed by atoms with van der Waals surface area (Å²) in [5.74, 6) is 4.41. The first-order valence-corrected chi connectivity index (χ1v) is 14.4. The lowest BCUT2D eigenvalue weighted by Gasteiger charge is -2.61. The summed E-state index contributed by atoms with van der Waals surface area (Å²) in [6.45, 7) is 6.20. The molecule has 0 aliphatic heterocycles. The van der Waals surface area contributed by atoms with Crippen molar-refractivity contribution in [3.63, 3.8) is 0 Å². The average molecular weight is 497 g/mol. The van der Waals surface area contributed by atoms with Crippen LogP contribution < -0.4 is 0 Å². The smallest absolute Gasteiger partial charge is 0.157 e. The van der Waals surface area contributed by atoms with Gasteiger partial charge in [-0.05, 0) is 110 Å². The van der Waals surface area contributed by atoms with E-state index in [9.17, 15) is 4.79 Å². The molecule has 1 heterocycles. The molecule has 4 nitrogen and oxygen atoms in total. The van der Waals surface area contributed by atoms with E-state index in [4.69, 9.17) is 16.3 Å². The van der Waals surface area contributed by atoms with Crippen molar-refractivity contribution < 1.29 is 9.53 Å². The van der Waals surface area contributed by atoms with Crippen LogP contribution in [0.15, 0.2) is 24.4 Å². The van der Waals surface area contributed by atoms with Crippen molar-refractivity contribution in [2.24, 2.45) is 46.3 Å². The van der Waals surface area contributed by atoms with Crippen LogP contribution in [0.2, 0.25) is 5.02 Å². The highest BCUT2D eigenvalue weighted by atomic mass is 35.5. The molecule has 190 valence electrons. The van der Waals surface area contributed by atoms with Gasteiger partial charge in [-0.3, -0.25) is 9.48 Å². The number of carbonyl (C=O) groups is 1. The molecular formula is C30H41ClN2O2. The number of fused-ring (bicyclic) bond motifs is 6. The molecule has 2 aromatic rings. The molecule has 0 bridgehead atoms.